The number of anilines is 2. The van der Waals surface area contributed by atoms with Gasteiger partial charge in [-0.25, -0.2) is 44.2 Å². The zero-order chi connectivity index (χ0) is 36.7. The molecule has 6 N–H and O–H groups in total. The summed E-state index contributed by atoms with van der Waals surface area (Å²) in [6.45, 7) is 5.75. The molecule has 1 amide bonds. The number of amides is 1. The third kappa shape index (κ3) is 19.5. The van der Waals surface area contributed by atoms with Crippen LogP contribution in [-0.4, -0.2) is 59.0 Å². The number of hydrogen-bond donors (Lipinski definition) is 5. The zero-order valence-corrected chi connectivity index (χ0v) is 32.7. The average Bonchev–Trinajstić information content (AvgIpc) is 3.07. The summed E-state index contributed by atoms with van der Waals surface area (Å²) in [5, 5.41) is 2.63. The Morgan fingerprint density at radius 2 is 1.10 bits per heavy atom. The minimum absolute atomic E-state index is 0. The monoisotopic (exact) mass is 966 g/mol. The number of rotatable bonds is 9. The Balaban J connectivity index is -0.000000136. The molecule has 19 heteroatoms. The third-order valence-electron chi connectivity index (χ3n) is 5.09. The van der Waals surface area contributed by atoms with Crippen molar-refractivity contribution in [3.05, 3.63) is 72.8 Å². The number of nitrogens with zero attached hydrogens (tertiary/aromatic N) is 1. The average molecular weight is 967 g/mol. The molecule has 0 unspecified atom stereocenters. The SMILES string of the molecule is C.C.CC.CCC(=O)Nc1ccc(S(=O)(=O)NC)cc1.CNS(=O)(=O)c1ccc(N)cc1.CNS(=O)(=O)c1ccc(N=C=O)cc1.[2H][I-]I.[3HH].[3HH]. The van der Waals surface area contributed by atoms with Crippen LogP contribution in [0.15, 0.2) is 92.5 Å². The minimum atomic E-state index is -3.42. The van der Waals surface area contributed by atoms with Crippen LogP contribution >= 0.6 is 18.6 Å². The van der Waals surface area contributed by atoms with Gasteiger partial charge < -0.3 is 11.1 Å². The first-order chi connectivity index (χ1) is 22.1. The first kappa shape index (κ1) is 49.9. The number of carbonyl (C=O) groups excluding carboxylic acids is 2. The second-order valence-electron chi connectivity index (χ2n) is 7.81. The third-order valence-corrected chi connectivity index (χ3v) is 9.38. The molecule has 0 bridgehead atoms. The van der Waals surface area contributed by atoms with Crippen molar-refractivity contribution in [1.82, 2.24) is 14.2 Å². The fourth-order valence-corrected chi connectivity index (χ4v) is 4.91. The predicted octanol–water partition coefficient (Wildman–Crippen LogP) is 2.09. The molecule has 0 aliphatic heterocycles. The molecule has 0 saturated carbocycles. The van der Waals surface area contributed by atoms with Crippen molar-refractivity contribution < 1.29 is 56.1 Å². The van der Waals surface area contributed by atoms with Crippen LogP contribution in [0, 0.1) is 0 Å². The summed E-state index contributed by atoms with van der Waals surface area (Å²) in [4.78, 5) is 24.8. The molecular weight excluding hydrogens is 910 g/mol. The molecule has 0 spiro atoms. The molecule has 3 rings (SSSR count). The van der Waals surface area contributed by atoms with Crippen LogP contribution in [-0.2, 0) is 39.7 Å². The maximum Gasteiger partial charge on any atom is 0 e. The number of benzene rings is 3. The van der Waals surface area contributed by atoms with Gasteiger partial charge in [-0.3, -0.25) is 4.79 Å². The van der Waals surface area contributed by atoms with Crippen molar-refractivity contribution in [3.8, 4) is 0 Å². The number of halogens is 2. The maximum atomic E-state index is 11.4. The molecule has 0 aromatic heterocycles. The molecule has 48 heavy (non-hydrogen) atoms. The number of hydrogen-bond acceptors (Lipinski definition) is 10. The molecule has 278 valence electrons. The number of nitrogen functional groups attached to an aromatic ring is 1. The molecule has 3 aromatic carbocycles. The van der Waals surface area contributed by atoms with Crippen molar-refractivity contribution in [1.29, 1.82) is 0.594 Å². The van der Waals surface area contributed by atoms with Crippen LogP contribution in [0.4, 0.5) is 17.1 Å². The second kappa shape index (κ2) is 27.3. The van der Waals surface area contributed by atoms with Gasteiger partial charge in [-0.15, -0.1) is 0 Å². The van der Waals surface area contributed by atoms with E-state index in [9.17, 15) is 34.8 Å². The minimum Gasteiger partial charge on any atom is 0 e. The first-order valence-electron chi connectivity index (χ1n) is 13.4. The molecule has 14 nitrogen and oxygen atoms in total. The van der Waals surface area contributed by atoms with Gasteiger partial charge in [-0.2, -0.15) is 4.99 Å². The van der Waals surface area contributed by atoms with E-state index in [0.717, 1.165) is 0 Å². The predicted molar refractivity (Wildman–Crippen MR) is 204 cm³/mol. The van der Waals surface area contributed by atoms with E-state index in [-0.39, 0.29) is 56.7 Å². The Morgan fingerprint density at radius 3 is 1.40 bits per heavy atom. The van der Waals surface area contributed by atoms with E-state index in [1.54, 1.807) is 31.2 Å². The van der Waals surface area contributed by atoms with E-state index in [0.29, 0.717) is 23.5 Å². The van der Waals surface area contributed by atoms with Crippen LogP contribution in [0.25, 0.3) is 0 Å². The fraction of sp³-hybridized carbons (Fsp3) is 0.310. The quantitative estimate of drug-likeness (QED) is 0.0916. The second-order valence-corrected chi connectivity index (χ2v) is 13.5. The summed E-state index contributed by atoms with van der Waals surface area (Å²) in [6.07, 6.45) is 1.75. The van der Waals surface area contributed by atoms with E-state index in [1.807, 2.05) is 13.8 Å². The summed E-state index contributed by atoms with van der Waals surface area (Å²) in [5.74, 6) is -0.107. The molecule has 0 saturated heterocycles. The molecular formula is C29H51I2N6O8S3-. The molecule has 0 aliphatic carbocycles. The molecule has 3 aromatic rings. The standard InChI is InChI=1S/C10H14N2O3S.C8H8N2O3S.C7H10N2O2S.C2H6.2CH4.HI2.2H2/c1-3-10(13)12-8-4-6-9(7-5-8)16(14,15)11-2;1-9-14(12,13)8-4-2-7(3-5-8)10-6-11;1-9-12(10,11)7-4-2-6(8)3-5-7;1-2;;;1-2;;/h4-7,11H,3H2,1-2H3,(H,12,13);2-5,9H,1H3;2-5,9H,8H2,1H3;1-2H3;2*1H4;1H;2*1H/q;;;;;;-1;;/i;;;;;;1D;2*1+2. The van der Waals surface area contributed by atoms with Crippen LogP contribution < -0.4 is 43.6 Å². The number of carbonyl (C=O) groups is 1. The van der Waals surface area contributed by atoms with E-state index in [2.05, 4.69) is 43.1 Å². The Bertz CT molecular complexity index is 1740. The van der Waals surface area contributed by atoms with Crippen LogP contribution in [0.2, 0.25) is 0 Å². The van der Waals surface area contributed by atoms with Crippen molar-refractivity contribution in [2.24, 2.45) is 4.99 Å². The van der Waals surface area contributed by atoms with E-state index in [4.69, 9.17) is 6.33 Å². The molecule has 0 radical (unpaired) electrons. The fourth-order valence-electron chi connectivity index (χ4n) is 2.72. The van der Waals surface area contributed by atoms with E-state index < -0.39 is 30.1 Å². The van der Waals surface area contributed by atoms with Gasteiger partial charge in [0.1, 0.15) is 0 Å². The van der Waals surface area contributed by atoms with Crippen molar-refractivity contribution >= 4 is 77.7 Å². The summed E-state index contributed by atoms with van der Waals surface area (Å²) >= 11 is 1.88. The molecule has 0 aliphatic rings. The van der Waals surface area contributed by atoms with Gasteiger partial charge in [0.2, 0.25) is 42.1 Å². The van der Waals surface area contributed by atoms with Gasteiger partial charge in [0.15, 0.2) is 0 Å². The largest absolute Gasteiger partial charge is 0 e. The Kier molecular flexibility index (Phi) is 28.4. The van der Waals surface area contributed by atoms with Crippen molar-refractivity contribution in [2.45, 2.75) is 56.7 Å². The van der Waals surface area contributed by atoms with E-state index in [1.165, 1.54) is 75.8 Å². The van der Waals surface area contributed by atoms with Gasteiger partial charge in [0, 0.05) is 20.6 Å². The van der Waals surface area contributed by atoms with Crippen LogP contribution in [0.5, 0.6) is 0 Å². The smallest absolute Gasteiger partial charge is 0 e. The maximum absolute atomic E-state index is 11.4. The van der Waals surface area contributed by atoms with E-state index >= 15 is 0 Å². The molecule has 0 heterocycles. The number of isocyanates is 1. The summed E-state index contributed by atoms with van der Waals surface area (Å²) in [5.41, 5.74) is 6.90. The number of aliphatic imine (C=N–C) groups is 1. The van der Waals surface area contributed by atoms with Crippen LogP contribution in [0.3, 0.4) is 0 Å². The number of nitrogens with two attached hydrogens (primary N) is 1. The van der Waals surface area contributed by atoms with Gasteiger partial charge >= 0.3 is 37.6 Å². The van der Waals surface area contributed by atoms with Crippen molar-refractivity contribution in [3.63, 3.8) is 0 Å². The van der Waals surface area contributed by atoms with Gasteiger partial charge in [0.25, 0.3) is 0 Å². The topological polar surface area (TPSA) is 223 Å². The zero-order valence-electron chi connectivity index (χ0n) is 26.9. The van der Waals surface area contributed by atoms with Crippen molar-refractivity contribution in [2.75, 3.05) is 32.2 Å². The molecule has 0 atom stereocenters. The summed E-state index contributed by atoms with van der Waals surface area (Å²) in [6, 6.07) is 17.6. The Hall–Kier alpha value is -2.50. The Labute approximate surface area is 313 Å². The normalized spacial score (nSPS) is 10.3. The first-order valence-corrected chi connectivity index (χ1v) is 23.8. The van der Waals surface area contributed by atoms with Crippen LogP contribution in [0.1, 0.15) is 44.9 Å². The summed E-state index contributed by atoms with van der Waals surface area (Å²) < 4.78 is 80.5. The number of nitrogens with one attached hydrogen (secondary N) is 4. The Morgan fingerprint density at radius 1 is 0.792 bits per heavy atom. The summed E-state index contributed by atoms with van der Waals surface area (Å²) in [7, 11) is -6.11. The van der Waals surface area contributed by atoms with Gasteiger partial charge in [0.05, 0.1) is 20.4 Å². The van der Waals surface area contributed by atoms with Gasteiger partial charge in [-0.05, 0) is 93.9 Å². The van der Waals surface area contributed by atoms with Gasteiger partial charge in [-0.1, -0.05) is 35.6 Å². The number of sulfonamides is 3. The molecule has 0 fully saturated rings.